The fraction of sp³-hybridized carbons (Fsp3) is 0.611. The molecule has 0 aromatic carbocycles. The molecule has 0 bridgehead atoms. The van der Waals surface area contributed by atoms with Crippen molar-refractivity contribution in [2.75, 3.05) is 6.61 Å². The highest BCUT2D eigenvalue weighted by molar-refractivity contribution is 5.65. The number of allylic oxidation sites excluding steroid dienone is 5. The second-order valence-electron chi connectivity index (χ2n) is 5.01. The summed E-state index contributed by atoms with van der Waals surface area (Å²) in [4.78, 5) is 10.5. The van der Waals surface area contributed by atoms with Crippen LogP contribution in [0.1, 0.15) is 64.7 Å². The summed E-state index contributed by atoms with van der Waals surface area (Å²) in [6.07, 6.45) is 21.2. The number of ether oxygens (including phenoxy) is 1. The van der Waals surface area contributed by atoms with E-state index in [-0.39, 0.29) is 5.97 Å². The van der Waals surface area contributed by atoms with Crippen molar-refractivity contribution < 1.29 is 9.53 Å². The van der Waals surface area contributed by atoms with Crippen LogP contribution in [0, 0.1) is 0 Å². The third-order valence-electron chi connectivity index (χ3n) is 3.06. The molecule has 0 rings (SSSR count). The Hall–Kier alpha value is -1.31. The SMILES string of the molecule is C=C/C=C\C=C/CCCCCCCCCCOC(C)=O. The van der Waals surface area contributed by atoms with Crippen LogP contribution in [-0.4, -0.2) is 12.6 Å². The van der Waals surface area contributed by atoms with Crippen LogP contribution in [-0.2, 0) is 9.53 Å². The fourth-order valence-electron chi connectivity index (χ4n) is 1.96. The van der Waals surface area contributed by atoms with Gasteiger partial charge in [-0.2, -0.15) is 0 Å². The molecule has 2 nitrogen and oxygen atoms in total. The van der Waals surface area contributed by atoms with Crippen LogP contribution in [0.3, 0.4) is 0 Å². The lowest BCUT2D eigenvalue weighted by molar-refractivity contribution is -0.141. The van der Waals surface area contributed by atoms with Gasteiger partial charge < -0.3 is 4.74 Å². The van der Waals surface area contributed by atoms with E-state index in [0.717, 1.165) is 6.42 Å². The maximum absolute atomic E-state index is 10.5. The van der Waals surface area contributed by atoms with Gasteiger partial charge in [0.1, 0.15) is 0 Å². The maximum Gasteiger partial charge on any atom is 0.302 e. The van der Waals surface area contributed by atoms with Crippen molar-refractivity contribution in [1.82, 2.24) is 0 Å². The molecule has 0 amide bonds. The highest BCUT2D eigenvalue weighted by Gasteiger charge is 1.94. The zero-order chi connectivity index (χ0) is 14.9. The fourth-order valence-corrected chi connectivity index (χ4v) is 1.96. The van der Waals surface area contributed by atoms with E-state index >= 15 is 0 Å². The average Bonchev–Trinajstić information content (AvgIpc) is 2.43. The highest BCUT2D eigenvalue weighted by Crippen LogP contribution is 2.10. The third-order valence-corrected chi connectivity index (χ3v) is 3.06. The molecule has 0 aliphatic heterocycles. The lowest BCUT2D eigenvalue weighted by atomic mass is 10.1. The van der Waals surface area contributed by atoms with E-state index in [1.807, 2.05) is 12.2 Å². The van der Waals surface area contributed by atoms with Gasteiger partial charge in [0.25, 0.3) is 0 Å². The van der Waals surface area contributed by atoms with Gasteiger partial charge in [-0.3, -0.25) is 4.79 Å². The number of hydrogen-bond donors (Lipinski definition) is 0. The van der Waals surface area contributed by atoms with Gasteiger partial charge in [0.15, 0.2) is 0 Å². The molecular formula is C18H30O2. The second-order valence-corrected chi connectivity index (χ2v) is 5.01. The number of carbonyl (C=O) groups excluding carboxylic acids is 1. The molecule has 0 N–H and O–H groups in total. The van der Waals surface area contributed by atoms with Crippen LogP contribution < -0.4 is 0 Å². The molecule has 0 saturated carbocycles. The standard InChI is InChI=1S/C18H30O2/c1-3-4-5-6-7-8-9-10-11-12-13-14-15-16-17-20-18(2)19/h3-7H,1,8-17H2,2H3/b5-4-,7-6-. The van der Waals surface area contributed by atoms with E-state index in [4.69, 9.17) is 4.74 Å². The molecule has 0 aromatic heterocycles. The topological polar surface area (TPSA) is 26.3 Å². The molecule has 2 heteroatoms. The summed E-state index contributed by atoms with van der Waals surface area (Å²) in [5.41, 5.74) is 0. The van der Waals surface area contributed by atoms with Gasteiger partial charge in [-0.1, -0.05) is 75.5 Å². The molecule has 0 atom stereocenters. The van der Waals surface area contributed by atoms with Gasteiger partial charge in [0.2, 0.25) is 0 Å². The van der Waals surface area contributed by atoms with Crippen molar-refractivity contribution in [1.29, 1.82) is 0 Å². The molecule has 0 fully saturated rings. The van der Waals surface area contributed by atoms with Gasteiger partial charge >= 0.3 is 5.97 Å². The van der Waals surface area contributed by atoms with Crippen LogP contribution in [0.25, 0.3) is 0 Å². The second kappa shape index (κ2) is 15.7. The number of carbonyl (C=O) groups is 1. The average molecular weight is 278 g/mol. The van der Waals surface area contributed by atoms with Crippen LogP contribution in [0.5, 0.6) is 0 Å². The number of unbranched alkanes of at least 4 members (excludes halogenated alkanes) is 8. The van der Waals surface area contributed by atoms with Gasteiger partial charge in [-0.15, -0.1) is 0 Å². The van der Waals surface area contributed by atoms with Crippen molar-refractivity contribution in [2.45, 2.75) is 64.7 Å². The summed E-state index contributed by atoms with van der Waals surface area (Å²) in [5, 5.41) is 0. The van der Waals surface area contributed by atoms with Crippen molar-refractivity contribution in [3.63, 3.8) is 0 Å². The predicted molar refractivity (Wildman–Crippen MR) is 86.7 cm³/mol. The Labute approximate surface area is 124 Å². The summed E-state index contributed by atoms with van der Waals surface area (Å²) < 4.78 is 4.89. The van der Waals surface area contributed by atoms with E-state index in [0.29, 0.717) is 6.61 Å². The Morgan fingerprint density at radius 2 is 1.50 bits per heavy atom. The van der Waals surface area contributed by atoms with E-state index < -0.39 is 0 Å². The summed E-state index contributed by atoms with van der Waals surface area (Å²) in [6.45, 7) is 5.67. The molecule has 0 spiro atoms. The Bertz CT molecular complexity index is 290. The van der Waals surface area contributed by atoms with Crippen molar-refractivity contribution in [2.24, 2.45) is 0 Å². The summed E-state index contributed by atoms with van der Waals surface area (Å²) in [5.74, 6) is -0.168. The van der Waals surface area contributed by atoms with E-state index in [2.05, 4.69) is 18.7 Å². The Morgan fingerprint density at radius 3 is 2.10 bits per heavy atom. The van der Waals surface area contributed by atoms with Crippen molar-refractivity contribution in [3.05, 3.63) is 37.0 Å². The largest absolute Gasteiger partial charge is 0.466 e. The van der Waals surface area contributed by atoms with Crippen LogP contribution in [0.2, 0.25) is 0 Å². The smallest absolute Gasteiger partial charge is 0.302 e. The minimum Gasteiger partial charge on any atom is -0.466 e. The number of hydrogen-bond acceptors (Lipinski definition) is 2. The first-order valence-electron chi connectivity index (χ1n) is 7.85. The Balaban J connectivity index is 3.09. The van der Waals surface area contributed by atoms with Crippen LogP contribution in [0.15, 0.2) is 37.0 Å². The third kappa shape index (κ3) is 16.7. The van der Waals surface area contributed by atoms with Gasteiger partial charge in [0.05, 0.1) is 6.61 Å². The molecule has 0 heterocycles. The first-order chi connectivity index (χ1) is 9.77. The Kier molecular flexibility index (Phi) is 14.7. The van der Waals surface area contributed by atoms with E-state index in [9.17, 15) is 4.79 Å². The molecule has 114 valence electrons. The minimum absolute atomic E-state index is 0.168. The first-order valence-corrected chi connectivity index (χ1v) is 7.85. The van der Waals surface area contributed by atoms with Gasteiger partial charge in [-0.25, -0.2) is 0 Å². The molecule has 20 heavy (non-hydrogen) atoms. The summed E-state index contributed by atoms with van der Waals surface area (Å²) in [6, 6.07) is 0. The lowest BCUT2D eigenvalue weighted by Gasteiger charge is -2.02. The van der Waals surface area contributed by atoms with E-state index in [1.165, 1.54) is 58.3 Å². The monoisotopic (exact) mass is 278 g/mol. The van der Waals surface area contributed by atoms with Crippen molar-refractivity contribution >= 4 is 5.97 Å². The highest BCUT2D eigenvalue weighted by atomic mass is 16.5. The Morgan fingerprint density at radius 1 is 0.900 bits per heavy atom. The maximum atomic E-state index is 10.5. The molecule has 0 aliphatic carbocycles. The first kappa shape index (κ1) is 18.7. The van der Waals surface area contributed by atoms with Crippen molar-refractivity contribution in [3.8, 4) is 0 Å². The summed E-state index contributed by atoms with van der Waals surface area (Å²) >= 11 is 0. The quantitative estimate of drug-likeness (QED) is 0.257. The normalized spacial score (nSPS) is 11.2. The molecular weight excluding hydrogens is 248 g/mol. The van der Waals surface area contributed by atoms with Gasteiger partial charge in [-0.05, 0) is 19.3 Å². The summed E-state index contributed by atoms with van der Waals surface area (Å²) in [7, 11) is 0. The molecule has 0 aromatic rings. The minimum atomic E-state index is -0.168. The lowest BCUT2D eigenvalue weighted by Crippen LogP contribution is -2.00. The predicted octanol–water partition coefficient (Wildman–Crippen LogP) is 5.36. The molecule has 0 saturated heterocycles. The molecule has 0 unspecified atom stereocenters. The molecule has 0 aliphatic rings. The van der Waals surface area contributed by atoms with Crippen LogP contribution in [0.4, 0.5) is 0 Å². The number of esters is 1. The van der Waals surface area contributed by atoms with Crippen LogP contribution >= 0.6 is 0 Å². The molecule has 0 radical (unpaired) electrons. The zero-order valence-electron chi connectivity index (χ0n) is 13.0. The van der Waals surface area contributed by atoms with E-state index in [1.54, 1.807) is 6.08 Å². The zero-order valence-corrected chi connectivity index (χ0v) is 13.0. The van der Waals surface area contributed by atoms with Gasteiger partial charge in [0, 0.05) is 6.92 Å². The number of rotatable bonds is 13.